The lowest BCUT2D eigenvalue weighted by atomic mass is 10.00. The minimum absolute atomic E-state index is 0.305. The molecular weight excluding hydrogens is 364 g/mol. The Balaban J connectivity index is 1.41. The fraction of sp³-hybridized carbons (Fsp3) is 0.500. The molecule has 0 saturated heterocycles. The summed E-state index contributed by atoms with van der Waals surface area (Å²) < 4.78 is 11.3. The highest BCUT2D eigenvalue weighted by atomic mass is 16.5. The molecule has 2 aromatic rings. The van der Waals surface area contributed by atoms with Crippen molar-refractivity contribution in [3.05, 3.63) is 65.2 Å². The van der Waals surface area contributed by atoms with Gasteiger partial charge in [0.05, 0.1) is 0 Å². The monoisotopic (exact) mass is 398 g/mol. The SMILES string of the molecule is CCOCCCNCc1ccccc1OCC(O)CN1CCc2ccccc2C1. The number of nitrogens with one attached hydrogen (secondary N) is 1. The molecule has 1 aliphatic heterocycles. The fourth-order valence-electron chi connectivity index (χ4n) is 3.70. The summed E-state index contributed by atoms with van der Waals surface area (Å²) in [7, 11) is 0. The molecule has 0 radical (unpaired) electrons. The first-order valence-electron chi connectivity index (χ1n) is 10.7. The van der Waals surface area contributed by atoms with Crippen molar-refractivity contribution in [1.29, 1.82) is 0 Å². The van der Waals surface area contributed by atoms with Crippen molar-refractivity contribution in [3.63, 3.8) is 0 Å². The van der Waals surface area contributed by atoms with Gasteiger partial charge in [-0.1, -0.05) is 42.5 Å². The highest BCUT2D eigenvalue weighted by molar-refractivity contribution is 5.33. The second-order valence-electron chi connectivity index (χ2n) is 7.55. The van der Waals surface area contributed by atoms with Crippen LogP contribution in [-0.2, 0) is 24.2 Å². The maximum Gasteiger partial charge on any atom is 0.123 e. The Kier molecular flexibility index (Phi) is 8.96. The van der Waals surface area contributed by atoms with E-state index in [1.165, 1.54) is 11.1 Å². The van der Waals surface area contributed by atoms with E-state index in [1.807, 2.05) is 25.1 Å². The minimum Gasteiger partial charge on any atom is -0.491 e. The van der Waals surface area contributed by atoms with E-state index < -0.39 is 6.10 Å². The Morgan fingerprint density at radius 1 is 1.10 bits per heavy atom. The quantitative estimate of drug-likeness (QED) is 0.539. The van der Waals surface area contributed by atoms with Crippen LogP contribution in [0.3, 0.4) is 0 Å². The van der Waals surface area contributed by atoms with Crippen LogP contribution >= 0.6 is 0 Å². The number of aliphatic hydroxyl groups is 1. The molecule has 1 atom stereocenters. The molecular formula is C24H34N2O3. The molecule has 0 aliphatic carbocycles. The van der Waals surface area contributed by atoms with Gasteiger partial charge >= 0.3 is 0 Å². The molecule has 0 aromatic heterocycles. The van der Waals surface area contributed by atoms with Crippen LogP contribution in [0, 0.1) is 0 Å². The number of β-amino-alcohol motifs (C(OH)–C–C–N with tert-alkyl or cyclic N) is 1. The van der Waals surface area contributed by atoms with Crippen LogP contribution in [0.15, 0.2) is 48.5 Å². The van der Waals surface area contributed by atoms with E-state index in [2.05, 4.69) is 40.5 Å². The maximum atomic E-state index is 10.5. The minimum atomic E-state index is -0.507. The third-order valence-corrected chi connectivity index (χ3v) is 5.24. The highest BCUT2D eigenvalue weighted by Gasteiger charge is 2.19. The van der Waals surface area contributed by atoms with Crippen molar-refractivity contribution < 1.29 is 14.6 Å². The number of para-hydroxylation sites is 1. The van der Waals surface area contributed by atoms with Crippen LogP contribution in [0.4, 0.5) is 0 Å². The zero-order chi connectivity index (χ0) is 20.3. The summed E-state index contributed by atoms with van der Waals surface area (Å²) in [5.74, 6) is 0.841. The lowest BCUT2D eigenvalue weighted by Crippen LogP contribution is -2.38. The summed E-state index contributed by atoms with van der Waals surface area (Å²) >= 11 is 0. The number of nitrogens with zero attached hydrogens (tertiary/aromatic N) is 1. The molecule has 1 unspecified atom stereocenters. The Bertz CT molecular complexity index is 738. The van der Waals surface area contributed by atoms with Gasteiger partial charge in [-0.05, 0) is 43.5 Å². The smallest absolute Gasteiger partial charge is 0.123 e. The average molecular weight is 399 g/mol. The molecule has 3 rings (SSSR count). The number of hydrogen-bond donors (Lipinski definition) is 2. The summed E-state index contributed by atoms with van der Waals surface area (Å²) in [6.45, 7) is 8.05. The predicted molar refractivity (Wildman–Crippen MR) is 116 cm³/mol. The molecule has 1 heterocycles. The topological polar surface area (TPSA) is 54.0 Å². The van der Waals surface area contributed by atoms with E-state index >= 15 is 0 Å². The Morgan fingerprint density at radius 3 is 2.76 bits per heavy atom. The van der Waals surface area contributed by atoms with Crippen LogP contribution < -0.4 is 10.1 Å². The molecule has 0 saturated carbocycles. The number of aliphatic hydroxyl groups excluding tert-OH is 1. The van der Waals surface area contributed by atoms with Gasteiger partial charge in [-0.25, -0.2) is 0 Å². The third-order valence-electron chi connectivity index (χ3n) is 5.24. The van der Waals surface area contributed by atoms with Crippen LogP contribution in [-0.4, -0.2) is 55.6 Å². The molecule has 0 fully saturated rings. The zero-order valence-electron chi connectivity index (χ0n) is 17.5. The number of hydrogen-bond acceptors (Lipinski definition) is 5. The number of ether oxygens (including phenoxy) is 2. The van der Waals surface area contributed by atoms with Crippen molar-refractivity contribution in [2.24, 2.45) is 0 Å². The van der Waals surface area contributed by atoms with Crippen LogP contribution in [0.5, 0.6) is 5.75 Å². The largest absolute Gasteiger partial charge is 0.491 e. The van der Waals surface area contributed by atoms with E-state index in [0.29, 0.717) is 13.2 Å². The van der Waals surface area contributed by atoms with E-state index in [0.717, 1.165) is 63.5 Å². The van der Waals surface area contributed by atoms with E-state index in [9.17, 15) is 5.11 Å². The number of benzene rings is 2. The number of fused-ring (bicyclic) bond motifs is 1. The molecule has 2 aromatic carbocycles. The summed E-state index contributed by atoms with van der Waals surface area (Å²) in [6, 6.07) is 16.6. The predicted octanol–water partition coefficient (Wildman–Crippen LogP) is 3.00. The van der Waals surface area contributed by atoms with Crippen LogP contribution in [0.1, 0.15) is 30.0 Å². The van der Waals surface area contributed by atoms with Gasteiger partial charge in [-0.15, -0.1) is 0 Å². The van der Waals surface area contributed by atoms with Crippen molar-refractivity contribution in [2.75, 3.05) is 39.5 Å². The summed E-state index contributed by atoms with van der Waals surface area (Å²) in [6.07, 6.45) is 1.53. The first-order valence-corrected chi connectivity index (χ1v) is 10.7. The Morgan fingerprint density at radius 2 is 1.90 bits per heavy atom. The van der Waals surface area contributed by atoms with E-state index in [-0.39, 0.29) is 0 Å². The van der Waals surface area contributed by atoms with Gasteiger partial charge in [0, 0.05) is 45.0 Å². The normalized spacial score (nSPS) is 15.1. The van der Waals surface area contributed by atoms with Crippen LogP contribution in [0.25, 0.3) is 0 Å². The summed E-state index contributed by atoms with van der Waals surface area (Å²) in [5.41, 5.74) is 3.91. The Hall–Kier alpha value is -1.92. The molecule has 158 valence electrons. The van der Waals surface area contributed by atoms with Gasteiger partial charge in [0.1, 0.15) is 18.5 Å². The molecule has 5 heteroatoms. The molecule has 1 aliphatic rings. The summed E-state index contributed by atoms with van der Waals surface area (Å²) in [5, 5.41) is 13.9. The van der Waals surface area contributed by atoms with Crippen molar-refractivity contribution in [2.45, 2.75) is 39.0 Å². The molecule has 5 nitrogen and oxygen atoms in total. The lowest BCUT2D eigenvalue weighted by molar-refractivity contribution is 0.0634. The molecule has 2 N–H and O–H groups in total. The first kappa shape index (κ1) is 21.8. The lowest BCUT2D eigenvalue weighted by Gasteiger charge is -2.30. The third kappa shape index (κ3) is 7.12. The Labute approximate surface area is 174 Å². The molecule has 29 heavy (non-hydrogen) atoms. The van der Waals surface area contributed by atoms with Gasteiger partial charge in [-0.2, -0.15) is 0 Å². The molecule has 0 bridgehead atoms. The fourth-order valence-corrected chi connectivity index (χ4v) is 3.70. The van der Waals surface area contributed by atoms with Gasteiger partial charge in [-0.3, -0.25) is 4.90 Å². The van der Waals surface area contributed by atoms with Gasteiger partial charge in [0.15, 0.2) is 0 Å². The average Bonchev–Trinajstić information content (AvgIpc) is 2.75. The maximum absolute atomic E-state index is 10.5. The first-order chi connectivity index (χ1) is 14.3. The second-order valence-corrected chi connectivity index (χ2v) is 7.55. The zero-order valence-corrected chi connectivity index (χ0v) is 17.5. The van der Waals surface area contributed by atoms with Crippen LogP contribution in [0.2, 0.25) is 0 Å². The van der Waals surface area contributed by atoms with E-state index in [1.54, 1.807) is 0 Å². The standard InChI is InChI=1S/C24H34N2O3/c1-2-28-15-7-13-25-16-21-9-5-6-11-24(21)29-19-23(27)18-26-14-12-20-8-3-4-10-22(20)17-26/h3-6,8-11,23,25,27H,2,7,12-19H2,1H3. The van der Waals surface area contributed by atoms with E-state index in [4.69, 9.17) is 9.47 Å². The van der Waals surface area contributed by atoms with Gasteiger partial charge in [0.25, 0.3) is 0 Å². The van der Waals surface area contributed by atoms with Gasteiger partial charge < -0.3 is 19.9 Å². The van der Waals surface area contributed by atoms with Crippen molar-refractivity contribution >= 4 is 0 Å². The highest BCUT2D eigenvalue weighted by Crippen LogP contribution is 2.20. The molecule has 0 amide bonds. The summed E-state index contributed by atoms with van der Waals surface area (Å²) in [4.78, 5) is 2.31. The van der Waals surface area contributed by atoms with Crippen molar-refractivity contribution in [3.8, 4) is 5.75 Å². The second kappa shape index (κ2) is 11.9. The van der Waals surface area contributed by atoms with Crippen molar-refractivity contribution in [1.82, 2.24) is 10.2 Å². The molecule has 0 spiro atoms. The van der Waals surface area contributed by atoms with Gasteiger partial charge in [0.2, 0.25) is 0 Å². The number of rotatable bonds is 12.